The highest BCUT2D eigenvalue weighted by molar-refractivity contribution is 5.47. The molecule has 2 aromatic carbocycles. The summed E-state index contributed by atoms with van der Waals surface area (Å²) in [5.41, 5.74) is 2.43. The van der Waals surface area contributed by atoms with Crippen molar-refractivity contribution in [2.75, 3.05) is 6.61 Å². The Kier molecular flexibility index (Phi) is 6.96. The smallest absolute Gasteiger partial charge is 0.164 e. The second kappa shape index (κ2) is 9.63. The lowest BCUT2D eigenvalue weighted by atomic mass is 9.82. The summed E-state index contributed by atoms with van der Waals surface area (Å²) in [6, 6.07) is 16.2. The van der Waals surface area contributed by atoms with Gasteiger partial charge in [-0.25, -0.2) is 0 Å². The molecule has 2 N–H and O–H groups in total. The van der Waals surface area contributed by atoms with Gasteiger partial charge in [-0.15, -0.1) is 0 Å². The Morgan fingerprint density at radius 1 is 0.923 bits per heavy atom. The number of aliphatic hydroxyl groups excluding tert-OH is 1. The zero-order valence-electron chi connectivity index (χ0n) is 15.4. The first-order valence-electron chi connectivity index (χ1n) is 9.90. The molecule has 0 radical (unpaired) electrons. The van der Waals surface area contributed by atoms with E-state index < -0.39 is 0 Å². The molecule has 0 bridgehead atoms. The van der Waals surface area contributed by atoms with E-state index in [4.69, 9.17) is 4.74 Å². The fraction of sp³-hybridized carbons (Fsp3) is 0.478. The first kappa shape index (κ1) is 18.8. The molecule has 0 saturated heterocycles. The summed E-state index contributed by atoms with van der Waals surface area (Å²) >= 11 is 0. The van der Waals surface area contributed by atoms with Crippen molar-refractivity contribution in [1.29, 1.82) is 0 Å². The summed E-state index contributed by atoms with van der Waals surface area (Å²) in [6.07, 6.45) is 7.83. The molecular formula is C23H30O3. The molecular weight excluding hydrogens is 324 g/mol. The van der Waals surface area contributed by atoms with Crippen LogP contribution in [0.3, 0.4) is 0 Å². The van der Waals surface area contributed by atoms with Crippen molar-refractivity contribution in [1.82, 2.24) is 0 Å². The van der Waals surface area contributed by atoms with Crippen molar-refractivity contribution in [2.24, 2.45) is 0 Å². The Morgan fingerprint density at radius 3 is 2.58 bits per heavy atom. The van der Waals surface area contributed by atoms with Gasteiger partial charge in [-0.05, 0) is 62.5 Å². The number of unbranched alkanes of at least 4 members (excludes halogenated alkanes) is 2. The van der Waals surface area contributed by atoms with Crippen LogP contribution in [-0.4, -0.2) is 22.9 Å². The molecule has 0 aromatic heterocycles. The zero-order chi connectivity index (χ0) is 18.2. The van der Waals surface area contributed by atoms with Gasteiger partial charge in [-0.1, -0.05) is 48.9 Å². The maximum absolute atomic E-state index is 10.3. The van der Waals surface area contributed by atoms with E-state index in [-0.39, 0.29) is 17.8 Å². The summed E-state index contributed by atoms with van der Waals surface area (Å²) in [6.45, 7) is 0.620. The van der Waals surface area contributed by atoms with Gasteiger partial charge < -0.3 is 14.9 Å². The number of aromatic hydroxyl groups is 1. The van der Waals surface area contributed by atoms with Crippen molar-refractivity contribution in [3.63, 3.8) is 0 Å². The molecule has 2 unspecified atom stereocenters. The summed E-state index contributed by atoms with van der Waals surface area (Å²) in [5.74, 6) is 1.11. The molecule has 0 aliphatic heterocycles. The molecule has 2 atom stereocenters. The number of phenols is 1. The Bertz CT molecular complexity index is 668. The Labute approximate surface area is 156 Å². The van der Waals surface area contributed by atoms with Crippen molar-refractivity contribution >= 4 is 0 Å². The molecule has 0 amide bonds. The van der Waals surface area contributed by atoms with Gasteiger partial charge in [0.2, 0.25) is 0 Å². The van der Waals surface area contributed by atoms with Gasteiger partial charge in [0.05, 0.1) is 12.7 Å². The van der Waals surface area contributed by atoms with Crippen LogP contribution in [-0.2, 0) is 6.42 Å². The number of benzene rings is 2. The van der Waals surface area contributed by atoms with Crippen LogP contribution in [0.2, 0.25) is 0 Å². The van der Waals surface area contributed by atoms with E-state index in [1.165, 1.54) is 5.56 Å². The van der Waals surface area contributed by atoms with Crippen LogP contribution in [0.1, 0.15) is 62.0 Å². The van der Waals surface area contributed by atoms with Gasteiger partial charge >= 0.3 is 0 Å². The van der Waals surface area contributed by atoms with Crippen molar-refractivity contribution < 1.29 is 14.9 Å². The molecule has 0 spiro atoms. The van der Waals surface area contributed by atoms with Gasteiger partial charge in [0.15, 0.2) is 11.5 Å². The molecule has 3 rings (SSSR count). The minimum absolute atomic E-state index is 0.215. The van der Waals surface area contributed by atoms with Crippen LogP contribution in [0.5, 0.6) is 11.5 Å². The third-order valence-electron chi connectivity index (χ3n) is 5.31. The topological polar surface area (TPSA) is 49.7 Å². The van der Waals surface area contributed by atoms with E-state index in [2.05, 4.69) is 24.3 Å². The second-order valence-electron chi connectivity index (χ2n) is 7.36. The van der Waals surface area contributed by atoms with E-state index in [1.54, 1.807) is 6.07 Å². The van der Waals surface area contributed by atoms with Gasteiger partial charge in [0.25, 0.3) is 0 Å². The molecule has 3 heteroatoms. The number of aryl methyl sites for hydroxylation is 1. The lowest BCUT2D eigenvalue weighted by Crippen LogP contribution is -2.18. The van der Waals surface area contributed by atoms with Gasteiger partial charge in [0, 0.05) is 5.56 Å². The average Bonchev–Trinajstić information content (AvgIpc) is 2.66. The van der Waals surface area contributed by atoms with Crippen LogP contribution in [0.15, 0.2) is 48.5 Å². The molecule has 1 saturated carbocycles. The number of phenolic OH excluding ortho intramolecular Hbond substituents is 1. The van der Waals surface area contributed by atoms with Crippen LogP contribution < -0.4 is 4.74 Å². The largest absolute Gasteiger partial charge is 0.504 e. The van der Waals surface area contributed by atoms with Crippen LogP contribution in [0, 0.1) is 0 Å². The number of ether oxygens (including phenoxy) is 1. The minimum Gasteiger partial charge on any atom is -0.504 e. The first-order chi connectivity index (χ1) is 12.7. The minimum atomic E-state index is -0.234. The highest BCUT2D eigenvalue weighted by atomic mass is 16.5. The van der Waals surface area contributed by atoms with Crippen molar-refractivity contribution in [3.8, 4) is 11.5 Å². The first-order valence-corrected chi connectivity index (χ1v) is 9.90. The van der Waals surface area contributed by atoms with Crippen LogP contribution in [0.25, 0.3) is 0 Å². The number of hydrogen-bond donors (Lipinski definition) is 2. The molecule has 2 aromatic rings. The summed E-state index contributed by atoms with van der Waals surface area (Å²) in [7, 11) is 0. The number of hydrogen-bond acceptors (Lipinski definition) is 3. The summed E-state index contributed by atoms with van der Waals surface area (Å²) in [4.78, 5) is 0. The Hall–Kier alpha value is -2.00. The molecule has 26 heavy (non-hydrogen) atoms. The van der Waals surface area contributed by atoms with E-state index in [1.807, 2.05) is 18.2 Å². The van der Waals surface area contributed by atoms with Gasteiger partial charge in [-0.2, -0.15) is 0 Å². The zero-order valence-corrected chi connectivity index (χ0v) is 15.4. The highest BCUT2D eigenvalue weighted by Gasteiger charge is 2.25. The van der Waals surface area contributed by atoms with Crippen LogP contribution >= 0.6 is 0 Å². The normalized spacial score (nSPS) is 20.0. The Balaban J connectivity index is 1.48. The highest BCUT2D eigenvalue weighted by Crippen LogP contribution is 2.41. The Morgan fingerprint density at radius 2 is 1.77 bits per heavy atom. The SMILES string of the molecule is Oc1cccc(C2CCCC(O)C2)c1OCCCCCc1ccccc1. The average molecular weight is 354 g/mol. The van der Waals surface area contributed by atoms with Gasteiger partial charge in [0.1, 0.15) is 0 Å². The number of rotatable bonds is 8. The van der Waals surface area contributed by atoms with E-state index >= 15 is 0 Å². The summed E-state index contributed by atoms with van der Waals surface area (Å²) in [5, 5.41) is 20.2. The monoisotopic (exact) mass is 354 g/mol. The maximum atomic E-state index is 10.3. The van der Waals surface area contributed by atoms with Crippen molar-refractivity contribution in [2.45, 2.75) is 63.4 Å². The van der Waals surface area contributed by atoms with Crippen molar-refractivity contribution in [3.05, 3.63) is 59.7 Å². The molecule has 1 aliphatic rings. The third-order valence-corrected chi connectivity index (χ3v) is 5.31. The molecule has 1 aliphatic carbocycles. The predicted molar refractivity (Wildman–Crippen MR) is 105 cm³/mol. The van der Waals surface area contributed by atoms with Gasteiger partial charge in [-0.3, -0.25) is 0 Å². The fourth-order valence-electron chi connectivity index (χ4n) is 3.89. The second-order valence-corrected chi connectivity index (χ2v) is 7.36. The number of para-hydroxylation sites is 1. The standard InChI is InChI=1S/C23H30O3/c24-20-13-7-12-19(17-20)21-14-8-15-22(25)23(21)26-16-6-2-5-11-18-9-3-1-4-10-18/h1,3-4,8-10,14-15,19-20,24-25H,2,5-7,11-13,16-17H2. The summed E-state index contributed by atoms with van der Waals surface area (Å²) < 4.78 is 5.98. The quantitative estimate of drug-likeness (QED) is 0.640. The molecule has 0 heterocycles. The third kappa shape index (κ3) is 5.25. The predicted octanol–water partition coefficient (Wildman–Crippen LogP) is 5.20. The number of aliphatic hydroxyl groups is 1. The fourth-order valence-corrected chi connectivity index (χ4v) is 3.89. The lowest BCUT2D eigenvalue weighted by Gasteiger charge is -2.27. The maximum Gasteiger partial charge on any atom is 0.164 e. The van der Waals surface area contributed by atoms with E-state index in [0.29, 0.717) is 12.4 Å². The molecule has 140 valence electrons. The lowest BCUT2D eigenvalue weighted by molar-refractivity contribution is 0.118. The van der Waals surface area contributed by atoms with Crippen LogP contribution in [0.4, 0.5) is 0 Å². The molecule has 3 nitrogen and oxygen atoms in total. The molecule has 1 fully saturated rings. The van der Waals surface area contributed by atoms with E-state index in [0.717, 1.165) is 56.9 Å². The van der Waals surface area contributed by atoms with E-state index in [9.17, 15) is 10.2 Å².